The summed E-state index contributed by atoms with van der Waals surface area (Å²) in [5, 5.41) is 0. The van der Waals surface area contributed by atoms with E-state index in [0.717, 1.165) is 17.1 Å². The Balaban J connectivity index is 2.30. The molecule has 0 aromatic heterocycles. The molecule has 0 radical (unpaired) electrons. The average Bonchev–Trinajstić information content (AvgIpc) is 2.41. The second-order valence-corrected chi connectivity index (χ2v) is 4.78. The zero-order valence-electron chi connectivity index (χ0n) is 11.6. The lowest BCUT2D eigenvalue weighted by atomic mass is 10.2. The normalized spacial score (nSPS) is 10.5. The standard InChI is InChI=1S/C16H20N2O/c1-12(2)19-16-11-14(9-10-15(16)17)18(3)13-7-5-4-6-8-13/h4-12H,17H2,1-3H3. The summed E-state index contributed by atoms with van der Waals surface area (Å²) in [4.78, 5) is 2.10. The van der Waals surface area contributed by atoms with Crippen molar-refractivity contribution in [1.29, 1.82) is 0 Å². The summed E-state index contributed by atoms with van der Waals surface area (Å²) in [7, 11) is 2.03. The highest BCUT2D eigenvalue weighted by Crippen LogP contribution is 2.31. The minimum absolute atomic E-state index is 0.111. The smallest absolute Gasteiger partial charge is 0.144 e. The van der Waals surface area contributed by atoms with E-state index in [-0.39, 0.29) is 6.10 Å². The van der Waals surface area contributed by atoms with Crippen molar-refractivity contribution >= 4 is 17.1 Å². The number of rotatable bonds is 4. The van der Waals surface area contributed by atoms with Crippen LogP contribution in [-0.2, 0) is 0 Å². The number of hydrogen-bond donors (Lipinski definition) is 1. The van der Waals surface area contributed by atoms with Crippen LogP contribution in [0, 0.1) is 0 Å². The van der Waals surface area contributed by atoms with Gasteiger partial charge in [0, 0.05) is 24.5 Å². The van der Waals surface area contributed by atoms with Crippen LogP contribution in [0.15, 0.2) is 48.5 Å². The molecule has 0 atom stereocenters. The van der Waals surface area contributed by atoms with E-state index >= 15 is 0 Å². The monoisotopic (exact) mass is 256 g/mol. The molecule has 0 saturated carbocycles. The molecule has 0 aliphatic heterocycles. The number of nitrogens with two attached hydrogens (primary N) is 1. The van der Waals surface area contributed by atoms with Gasteiger partial charge in [-0.1, -0.05) is 18.2 Å². The lowest BCUT2D eigenvalue weighted by Crippen LogP contribution is -2.11. The maximum Gasteiger partial charge on any atom is 0.144 e. The summed E-state index contributed by atoms with van der Waals surface area (Å²) in [6, 6.07) is 16.0. The zero-order valence-corrected chi connectivity index (χ0v) is 11.6. The van der Waals surface area contributed by atoms with Crippen LogP contribution in [0.5, 0.6) is 5.75 Å². The highest BCUT2D eigenvalue weighted by Gasteiger charge is 2.08. The van der Waals surface area contributed by atoms with E-state index in [0.29, 0.717) is 5.69 Å². The fourth-order valence-corrected chi connectivity index (χ4v) is 1.89. The van der Waals surface area contributed by atoms with Crippen LogP contribution in [0.1, 0.15) is 13.8 Å². The molecule has 0 aliphatic carbocycles. The predicted molar refractivity (Wildman–Crippen MR) is 81.1 cm³/mol. The molecule has 3 nitrogen and oxygen atoms in total. The van der Waals surface area contributed by atoms with Crippen LogP contribution < -0.4 is 15.4 Å². The van der Waals surface area contributed by atoms with E-state index in [1.54, 1.807) is 0 Å². The van der Waals surface area contributed by atoms with Gasteiger partial charge >= 0.3 is 0 Å². The van der Waals surface area contributed by atoms with E-state index in [4.69, 9.17) is 10.5 Å². The van der Waals surface area contributed by atoms with Crippen molar-refractivity contribution in [2.75, 3.05) is 17.7 Å². The summed E-state index contributed by atoms with van der Waals surface area (Å²) in [5.74, 6) is 0.732. The van der Waals surface area contributed by atoms with Gasteiger partial charge in [0.05, 0.1) is 11.8 Å². The molecular formula is C16H20N2O. The third kappa shape index (κ3) is 3.19. The Morgan fingerprint density at radius 3 is 2.32 bits per heavy atom. The second-order valence-electron chi connectivity index (χ2n) is 4.78. The van der Waals surface area contributed by atoms with Gasteiger partial charge in [-0.25, -0.2) is 0 Å². The Morgan fingerprint density at radius 2 is 1.68 bits per heavy atom. The molecule has 2 aromatic rings. The minimum atomic E-state index is 0.111. The van der Waals surface area contributed by atoms with Crippen molar-refractivity contribution in [3.8, 4) is 5.75 Å². The van der Waals surface area contributed by atoms with Gasteiger partial charge in [-0.3, -0.25) is 0 Å². The van der Waals surface area contributed by atoms with Gasteiger partial charge in [-0.15, -0.1) is 0 Å². The topological polar surface area (TPSA) is 38.5 Å². The highest BCUT2D eigenvalue weighted by molar-refractivity contribution is 5.68. The first-order chi connectivity index (χ1) is 9.08. The fourth-order valence-electron chi connectivity index (χ4n) is 1.89. The first-order valence-electron chi connectivity index (χ1n) is 6.43. The summed E-state index contributed by atoms with van der Waals surface area (Å²) in [6.45, 7) is 3.99. The van der Waals surface area contributed by atoms with Crippen molar-refractivity contribution in [2.24, 2.45) is 0 Å². The minimum Gasteiger partial charge on any atom is -0.489 e. The highest BCUT2D eigenvalue weighted by atomic mass is 16.5. The first kappa shape index (κ1) is 13.3. The predicted octanol–water partition coefficient (Wildman–Crippen LogP) is 3.82. The van der Waals surface area contributed by atoms with Crippen molar-refractivity contribution in [2.45, 2.75) is 20.0 Å². The van der Waals surface area contributed by atoms with Gasteiger partial charge in [-0.2, -0.15) is 0 Å². The Hall–Kier alpha value is -2.16. The summed E-state index contributed by atoms with van der Waals surface area (Å²) >= 11 is 0. The second kappa shape index (κ2) is 5.65. The molecule has 19 heavy (non-hydrogen) atoms. The number of nitrogen functional groups attached to an aromatic ring is 1. The number of benzene rings is 2. The third-order valence-corrected chi connectivity index (χ3v) is 2.89. The zero-order chi connectivity index (χ0) is 13.8. The first-order valence-corrected chi connectivity index (χ1v) is 6.43. The number of ether oxygens (including phenoxy) is 1. The number of hydrogen-bond acceptors (Lipinski definition) is 3. The van der Waals surface area contributed by atoms with E-state index in [1.165, 1.54) is 0 Å². The van der Waals surface area contributed by atoms with Gasteiger partial charge in [-0.05, 0) is 38.1 Å². The van der Waals surface area contributed by atoms with Gasteiger partial charge in [0.1, 0.15) is 5.75 Å². The fraction of sp³-hybridized carbons (Fsp3) is 0.250. The largest absolute Gasteiger partial charge is 0.489 e. The Morgan fingerprint density at radius 1 is 1.00 bits per heavy atom. The van der Waals surface area contributed by atoms with Gasteiger partial charge < -0.3 is 15.4 Å². The molecular weight excluding hydrogens is 236 g/mol. The van der Waals surface area contributed by atoms with E-state index < -0.39 is 0 Å². The lowest BCUT2D eigenvalue weighted by Gasteiger charge is -2.21. The van der Waals surface area contributed by atoms with Gasteiger partial charge in [0.2, 0.25) is 0 Å². The molecule has 100 valence electrons. The molecule has 0 unspecified atom stereocenters. The molecule has 0 bridgehead atoms. The van der Waals surface area contributed by atoms with Crippen molar-refractivity contribution in [3.05, 3.63) is 48.5 Å². The average molecular weight is 256 g/mol. The molecule has 0 fully saturated rings. The lowest BCUT2D eigenvalue weighted by molar-refractivity contribution is 0.244. The van der Waals surface area contributed by atoms with Crippen LogP contribution >= 0.6 is 0 Å². The van der Waals surface area contributed by atoms with Crippen LogP contribution in [0.4, 0.5) is 17.1 Å². The molecule has 0 saturated heterocycles. The molecule has 2 rings (SSSR count). The van der Waals surface area contributed by atoms with E-state index in [9.17, 15) is 0 Å². The molecule has 0 spiro atoms. The number of para-hydroxylation sites is 1. The summed E-state index contributed by atoms with van der Waals surface area (Å²) < 4.78 is 5.72. The Bertz CT molecular complexity index is 538. The SMILES string of the molecule is CC(C)Oc1cc(N(C)c2ccccc2)ccc1N. The third-order valence-electron chi connectivity index (χ3n) is 2.89. The summed E-state index contributed by atoms with van der Waals surface area (Å²) in [5.41, 5.74) is 8.78. The molecule has 3 heteroatoms. The summed E-state index contributed by atoms with van der Waals surface area (Å²) in [6.07, 6.45) is 0.111. The van der Waals surface area contributed by atoms with E-state index in [1.807, 2.05) is 57.3 Å². The van der Waals surface area contributed by atoms with Crippen LogP contribution in [-0.4, -0.2) is 13.2 Å². The Kier molecular flexibility index (Phi) is 3.95. The van der Waals surface area contributed by atoms with Crippen molar-refractivity contribution < 1.29 is 4.74 Å². The number of anilines is 3. The Labute approximate surface area is 114 Å². The van der Waals surface area contributed by atoms with Crippen LogP contribution in [0.25, 0.3) is 0 Å². The molecule has 0 aliphatic rings. The molecule has 2 aromatic carbocycles. The van der Waals surface area contributed by atoms with Gasteiger partial charge in [0.15, 0.2) is 0 Å². The molecule has 0 heterocycles. The van der Waals surface area contributed by atoms with Gasteiger partial charge in [0.25, 0.3) is 0 Å². The quantitative estimate of drug-likeness (QED) is 0.845. The maximum absolute atomic E-state index is 5.93. The number of nitrogens with zero attached hydrogens (tertiary/aromatic N) is 1. The van der Waals surface area contributed by atoms with E-state index in [2.05, 4.69) is 17.0 Å². The maximum atomic E-state index is 5.93. The van der Waals surface area contributed by atoms with Crippen LogP contribution in [0.3, 0.4) is 0 Å². The van der Waals surface area contributed by atoms with Crippen molar-refractivity contribution in [1.82, 2.24) is 0 Å². The molecule has 0 amide bonds. The van der Waals surface area contributed by atoms with Crippen LogP contribution in [0.2, 0.25) is 0 Å². The molecule has 2 N–H and O–H groups in total. The van der Waals surface area contributed by atoms with Crippen molar-refractivity contribution in [3.63, 3.8) is 0 Å².